The summed E-state index contributed by atoms with van der Waals surface area (Å²) in [6.07, 6.45) is 0.964. The second-order valence-electron chi connectivity index (χ2n) is 4.75. The van der Waals surface area contributed by atoms with Crippen molar-refractivity contribution in [1.29, 1.82) is 0 Å². The molecule has 0 spiro atoms. The predicted octanol–water partition coefficient (Wildman–Crippen LogP) is 4.72. The van der Waals surface area contributed by atoms with Crippen molar-refractivity contribution in [2.45, 2.75) is 26.3 Å². The normalized spacial score (nSPS) is 12.4. The molecule has 1 heterocycles. The first-order chi connectivity index (χ1) is 9.65. The van der Waals surface area contributed by atoms with Gasteiger partial charge in [-0.2, -0.15) is 0 Å². The molecule has 2 aromatic rings. The Balaban J connectivity index is 2.33. The first kappa shape index (κ1) is 15.5. The molecule has 2 nitrogen and oxygen atoms in total. The van der Waals surface area contributed by atoms with Crippen LogP contribution in [0.4, 0.5) is 0 Å². The second-order valence-corrected chi connectivity index (χ2v) is 6.61. The van der Waals surface area contributed by atoms with Gasteiger partial charge in [0, 0.05) is 27.4 Å². The number of likely N-dealkylation sites (N-methyl/N-ethyl adjacent to an activating group) is 1. The molecule has 0 aliphatic rings. The molecule has 0 amide bonds. The van der Waals surface area contributed by atoms with Crippen LogP contribution in [0, 0.1) is 6.92 Å². The average molecular weight is 354 g/mol. The van der Waals surface area contributed by atoms with E-state index < -0.39 is 0 Å². The van der Waals surface area contributed by atoms with E-state index in [-0.39, 0.29) is 6.04 Å². The first-order valence-corrected chi connectivity index (χ1v) is 8.42. The van der Waals surface area contributed by atoms with Crippen molar-refractivity contribution in [3.63, 3.8) is 0 Å². The van der Waals surface area contributed by atoms with Crippen LogP contribution in [0.25, 0.3) is 0 Å². The minimum Gasteiger partial charge on any atom is -0.496 e. The maximum Gasteiger partial charge on any atom is 0.123 e. The van der Waals surface area contributed by atoms with Crippen molar-refractivity contribution in [3.8, 4) is 5.75 Å². The van der Waals surface area contributed by atoms with E-state index in [9.17, 15) is 0 Å². The minimum atomic E-state index is 0.268. The lowest BCUT2D eigenvalue weighted by atomic mass is 9.99. The number of hydrogen-bond acceptors (Lipinski definition) is 3. The summed E-state index contributed by atoms with van der Waals surface area (Å²) in [5.41, 5.74) is 2.49. The van der Waals surface area contributed by atoms with E-state index in [4.69, 9.17) is 4.74 Å². The number of nitrogens with one attached hydrogen (secondary N) is 1. The van der Waals surface area contributed by atoms with E-state index in [0.29, 0.717) is 0 Å². The van der Waals surface area contributed by atoms with E-state index >= 15 is 0 Å². The van der Waals surface area contributed by atoms with Gasteiger partial charge in [0.2, 0.25) is 0 Å². The average Bonchev–Trinajstić information content (AvgIpc) is 2.84. The lowest BCUT2D eigenvalue weighted by molar-refractivity contribution is 0.399. The third kappa shape index (κ3) is 3.62. The number of hydrogen-bond donors (Lipinski definition) is 1. The predicted molar refractivity (Wildman–Crippen MR) is 89.9 cm³/mol. The zero-order chi connectivity index (χ0) is 14.5. The molecular weight excluding hydrogens is 334 g/mol. The summed E-state index contributed by atoms with van der Waals surface area (Å²) in [6, 6.07) is 8.74. The Morgan fingerprint density at radius 3 is 2.75 bits per heavy atom. The van der Waals surface area contributed by atoms with Crippen molar-refractivity contribution < 1.29 is 4.74 Å². The van der Waals surface area contributed by atoms with Crippen molar-refractivity contribution >= 4 is 27.3 Å². The van der Waals surface area contributed by atoms with Gasteiger partial charge in [-0.25, -0.2) is 0 Å². The molecule has 1 aromatic carbocycles. The monoisotopic (exact) mass is 353 g/mol. The zero-order valence-corrected chi connectivity index (χ0v) is 14.5. The largest absolute Gasteiger partial charge is 0.496 e. The molecule has 4 heteroatoms. The molecule has 0 bridgehead atoms. The van der Waals surface area contributed by atoms with E-state index in [1.165, 1.54) is 20.5 Å². The summed E-state index contributed by atoms with van der Waals surface area (Å²) in [7, 11) is 1.73. The van der Waals surface area contributed by atoms with Crippen LogP contribution >= 0.6 is 27.3 Å². The van der Waals surface area contributed by atoms with Gasteiger partial charge in [0.25, 0.3) is 0 Å². The standard InChI is InChI=1S/C16H20BrNOS/c1-4-18-14(10-16-13(17)7-8-20-16)12-9-11(2)5-6-15(12)19-3/h5-9,14,18H,4,10H2,1-3H3. The number of thiophene rings is 1. The molecule has 1 atom stereocenters. The molecule has 0 saturated heterocycles. The van der Waals surface area contributed by atoms with Crippen LogP contribution < -0.4 is 10.1 Å². The summed E-state index contributed by atoms with van der Waals surface area (Å²) < 4.78 is 6.72. The SMILES string of the molecule is CCNC(Cc1sccc1Br)c1cc(C)ccc1OC. The highest BCUT2D eigenvalue weighted by atomic mass is 79.9. The molecule has 0 fully saturated rings. The highest BCUT2D eigenvalue weighted by molar-refractivity contribution is 9.10. The molecular formula is C16H20BrNOS. The molecule has 2 rings (SSSR count). The number of benzene rings is 1. The summed E-state index contributed by atoms with van der Waals surface area (Å²) in [5, 5.41) is 5.69. The van der Waals surface area contributed by atoms with Gasteiger partial charge in [-0.1, -0.05) is 24.6 Å². The van der Waals surface area contributed by atoms with Crippen LogP contribution in [0.5, 0.6) is 5.75 Å². The molecule has 1 N–H and O–H groups in total. The quantitative estimate of drug-likeness (QED) is 0.810. The van der Waals surface area contributed by atoms with Crippen LogP contribution in [0.3, 0.4) is 0 Å². The fourth-order valence-corrected chi connectivity index (χ4v) is 3.88. The summed E-state index contributed by atoms with van der Waals surface area (Å²) in [5.74, 6) is 0.953. The smallest absolute Gasteiger partial charge is 0.123 e. The van der Waals surface area contributed by atoms with Gasteiger partial charge < -0.3 is 10.1 Å². The summed E-state index contributed by atoms with van der Waals surface area (Å²) in [6.45, 7) is 5.19. The third-order valence-electron chi connectivity index (χ3n) is 3.29. The Labute approximate surface area is 133 Å². The van der Waals surface area contributed by atoms with Crippen molar-refractivity contribution in [1.82, 2.24) is 5.32 Å². The Morgan fingerprint density at radius 1 is 1.35 bits per heavy atom. The highest BCUT2D eigenvalue weighted by Crippen LogP contribution is 2.32. The van der Waals surface area contributed by atoms with Gasteiger partial charge in [0.15, 0.2) is 0 Å². The summed E-state index contributed by atoms with van der Waals surface area (Å²) >= 11 is 5.41. The lowest BCUT2D eigenvalue weighted by Crippen LogP contribution is -2.23. The van der Waals surface area contributed by atoms with E-state index in [2.05, 4.69) is 64.7 Å². The molecule has 1 unspecified atom stereocenters. The Kier molecular flexibility index (Phi) is 5.64. The van der Waals surface area contributed by atoms with Gasteiger partial charge in [-0.15, -0.1) is 11.3 Å². The molecule has 1 aromatic heterocycles. The number of halogens is 1. The maximum atomic E-state index is 5.53. The van der Waals surface area contributed by atoms with Crippen molar-refractivity contribution in [2.24, 2.45) is 0 Å². The van der Waals surface area contributed by atoms with Gasteiger partial charge in [-0.05, 0) is 46.9 Å². The molecule has 108 valence electrons. The van der Waals surface area contributed by atoms with E-state index in [0.717, 1.165) is 18.7 Å². The van der Waals surface area contributed by atoms with Crippen molar-refractivity contribution in [2.75, 3.05) is 13.7 Å². The fraction of sp³-hybridized carbons (Fsp3) is 0.375. The van der Waals surface area contributed by atoms with Gasteiger partial charge in [0.05, 0.1) is 7.11 Å². The van der Waals surface area contributed by atoms with Crippen LogP contribution in [-0.2, 0) is 6.42 Å². The molecule has 20 heavy (non-hydrogen) atoms. The number of rotatable bonds is 6. The number of ether oxygens (including phenoxy) is 1. The van der Waals surface area contributed by atoms with Crippen LogP contribution in [0.15, 0.2) is 34.1 Å². The molecule has 0 radical (unpaired) electrons. The summed E-state index contributed by atoms with van der Waals surface area (Å²) in [4.78, 5) is 1.36. The Hall–Kier alpha value is -0.840. The Bertz CT molecular complexity index is 567. The van der Waals surface area contributed by atoms with Gasteiger partial charge in [0.1, 0.15) is 5.75 Å². The fourth-order valence-electron chi connectivity index (χ4n) is 2.32. The zero-order valence-electron chi connectivity index (χ0n) is 12.1. The third-order valence-corrected chi connectivity index (χ3v) is 5.24. The topological polar surface area (TPSA) is 21.3 Å². The maximum absolute atomic E-state index is 5.53. The first-order valence-electron chi connectivity index (χ1n) is 6.75. The molecule has 0 saturated carbocycles. The highest BCUT2D eigenvalue weighted by Gasteiger charge is 2.18. The van der Waals surface area contributed by atoms with Crippen LogP contribution in [0.1, 0.15) is 29.0 Å². The van der Waals surface area contributed by atoms with E-state index in [1.54, 1.807) is 18.4 Å². The molecule has 0 aliphatic carbocycles. The minimum absolute atomic E-state index is 0.268. The van der Waals surface area contributed by atoms with Crippen LogP contribution in [0.2, 0.25) is 0 Å². The number of aryl methyl sites for hydroxylation is 1. The number of methoxy groups -OCH3 is 1. The van der Waals surface area contributed by atoms with Crippen LogP contribution in [-0.4, -0.2) is 13.7 Å². The van der Waals surface area contributed by atoms with Gasteiger partial charge >= 0.3 is 0 Å². The Morgan fingerprint density at radius 2 is 2.15 bits per heavy atom. The molecule has 0 aliphatic heterocycles. The van der Waals surface area contributed by atoms with E-state index in [1.807, 2.05) is 0 Å². The lowest BCUT2D eigenvalue weighted by Gasteiger charge is -2.21. The second kappa shape index (κ2) is 7.25. The van der Waals surface area contributed by atoms with Gasteiger partial charge in [-0.3, -0.25) is 0 Å². The van der Waals surface area contributed by atoms with Crippen molar-refractivity contribution in [3.05, 3.63) is 50.1 Å².